The van der Waals surface area contributed by atoms with Crippen molar-refractivity contribution in [2.24, 2.45) is 0 Å². The average molecular weight is 409 g/mol. The number of aliphatic hydroxyl groups excluding tert-OH is 1. The van der Waals surface area contributed by atoms with Crippen molar-refractivity contribution in [1.29, 1.82) is 0 Å². The van der Waals surface area contributed by atoms with Crippen molar-refractivity contribution < 1.29 is 38.4 Å². The molecule has 29 heavy (non-hydrogen) atoms. The van der Waals surface area contributed by atoms with E-state index in [1.165, 1.54) is 7.11 Å². The number of methoxy groups -OCH3 is 1. The Morgan fingerprint density at radius 2 is 1.97 bits per heavy atom. The van der Waals surface area contributed by atoms with Gasteiger partial charge in [0, 0.05) is 6.42 Å². The van der Waals surface area contributed by atoms with Crippen LogP contribution in [0.2, 0.25) is 0 Å². The Kier molecular flexibility index (Phi) is 6.74. The number of aliphatic hydroxyl groups is 1. The van der Waals surface area contributed by atoms with Crippen LogP contribution in [0.1, 0.15) is 32.3 Å². The molecule has 2 aliphatic rings. The van der Waals surface area contributed by atoms with Crippen LogP contribution in [0.4, 0.5) is 4.79 Å². The maximum Gasteiger partial charge on any atom is 0.407 e. The van der Waals surface area contributed by atoms with Crippen LogP contribution >= 0.6 is 0 Å². The molecule has 9 nitrogen and oxygen atoms in total. The summed E-state index contributed by atoms with van der Waals surface area (Å²) in [5, 5.41) is 13.4. The quantitative estimate of drug-likeness (QED) is 0.651. The van der Waals surface area contributed by atoms with E-state index < -0.39 is 48.5 Å². The largest absolute Gasteiger partial charge is 0.469 e. The summed E-state index contributed by atoms with van der Waals surface area (Å²) in [4.78, 5) is 23.9. The number of benzene rings is 1. The normalized spacial score (nSPS) is 28.4. The van der Waals surface area contributed by atoms with Crippen molar-refractivity contribution in [2.45, 2.75) is 69.7 Å². The molecule has 1 amide bonds. The molecular weight excluding hydrogens is 382 g/mol. The lowest BCUT2D eigenvalue weighted by Crippen LogP contribution is -2.50. The zero-order valence-electron chi connectivity index (χ0n) is 16.7. The first kappa shape index (κ1) is 21.5. The highest BCUT2D eigenvalue weighted by Crippen LogP contribution is 2.38. The van der Waals surface area contributed by atoms with Gasteiger partial charge < -0.3 is 34.1 Å². The van der Waals surface area contributed by atoms with Crippen molar-refractivity contribution in [3.63, 3.8) is 0 Å². The van der Waals surface area contributed by atoms with Crippen LogP contribution in [0.25, 0.3) is 0 Å². The summed E-state index contributed by atoms with van der Waals surface area (Å²) in [6, 6.07) is 8.53. The molecule has 0 saturated carbocycles. The molecular formula is C20H27NO8. The van der Waals surface area contributed by atoms with Crippen LogP contribution in [-0.2, 0) is 35.1 Å². The fraction of sp³-hybridized carbons (Fsp3) is 0.600. The number of hydrogen-bond acceptors (Lipinski definition) is 8. The SMILES string of the molecule is COC(=O)CC[C@@H](NC(=O)OCc1ccccc1)[C@H]1O[C@@H]2OC(C)(C)O[C@@H]2[C@H]1O. The van der Waals surface area contributed by atoms with Gasteiger partial charge >= 0.3 is 12.1 Å². The summed E-state index contributed by atoms with van der Waals surface area (Å²) < 4.78 is 27.1. The molecule has 0 aromatic heterocycles. The molecule has 3 rings (SSSR count). The Hall–Kier alpha value is -2.20. The molecule has 2 aliphatic heterocycles. The van der Waals surface area contributed by atoms with Gasteiger partial charge in [-0.3, -0.25) is 4.79 Å². The molecule has 2 heterocycles. The molecule has 1 aromatic carbocycles. The monoisotopic (exact) mass is 409 g/mol. The van der Waals surface area contributed by atoms with Gasteiger partial charge in [0.1, 0.15) is 24.9 Å². The van der Waals surface area contributed by atoms with Crippen molar-refractivity contribution in [3.8, 4) is 0 Å². The molecule has 0 radical (unpaired) electrons. The lowest BCUT2D eigenvalue weighted by Gasteiger charge is -2.29. The van der Waals surface area contributed by atoms with Gasteiger partial charge in [0.05, 0.1) is 13.2 Å². The van der Waals surface area contributed by atoms with E-state index in [9.17, 15) is 14.7 Å². The first-order valence-electron chi connectivity index (χ1n) is 9.52. The van der Waals surface area contributed by atoms with Gasteiger partial charge in [-0.2, -0.15) is 0 Å². The minimum atomic E-state index is -1.04. The second-order valence-corrected chi connectivity index (χ2v) is 7.49. The maximum atomic E-state index is 12.3. The van der Waals surface area contributed by atoms with Crippen molar-refractivity contribution in [1.82, 2.24) is 5.32 Å². The van der Waals surface area contributed by atoms with E-state index in [0.29, 0.717) is 0 Å². The second kappa shape index (κ2) is 9.08. The Balaban J connectivity index is 1.62. The third-order valence-corrected chi connectivity index (χ3v) is 4.85. The molecule has 0 aliphatic carbocycles. The molecule has 160 valence electrons. The van der Waals surface area contributed by atoms with Gasteiger partial charge in [-0.1, -0.05) is 30.3 Å². The fourth-order valence-corrected chi connectivity index (χ4v) is 3.46. The number of amides is 1. The van der Waals surface area contributed by atoms with Crippen LogP contribution < -0.4 is 5.32 Å². The zero-order chi connectivity index (χ0) is 21.0. The minimum absolute atomic E-state index is 0.0370. The van der Waals surface area contributed by atoms with E-state index in [1.807, 2.05) is 30.3 Å². The first-order valence-corrected chi connectivity index (χ1v) is 9.52. The number of nitrogens with one attached hydrogen (secondary N) is 1. The van der Waals surface area contributed by atoms with E-state index in [2.05, 4.69) is 10.1 Å². The van der Waals surface area contributed by atoms with Crippen molar-refractivity contribution in [2.75, 3.05) is 7.11 Å². The standard InChI is InChI=1S/C20H27NO8/c1-20(2)28-17-15(23)16(27-18(17)29-20)13(9-10-14(22)25-3)21-19(24)26-11-12-7-5-4-6-8-12/h4-8,13,15-18,23H,9-11H2,1-3H3,(H,21,24)/t13-,15+,16-,17-,18-/m1/s1. The van der Waals surface area contributed by atoms with Crippen LogP contribution in [0, 0.1) is 0 Å². The summed E-state index contributed by atoms with van der Waals surface area (Å²) in [6.07, 6.45) is -3.76. The summed E-state index contributed by atoms with van der Waals surface area (Å²) in [6.45, 7) is 3.55. The van der Waals surface area contributed by atoms with Gasteiger partial charge in [-0.25, -0.2) is 4.79 Å². The molecule has 0 unspecified atom stereocenters. The van der Waals surface area contributed by atoms with E-state index in [1.54, 1.807) is 13.8 Å². The number of rotatable bonds is 7. The van der Waals surface area contributed by atoms with E-state index >= 15 is 0 Å². The van der Waals surface area contributed by atoms with Crippen LogP contribution in [-0.4, -0.2) is 60.7 Å². The third-order valence-electron chi connectivity index (χ3n) is 4.85. The van der Waals surface area contributed by atoms with Crippen molar-refractivity contribution in [3.05, 3.63) is 35.9 Å². The number of carbonyl (C=O) groups is 2. The van der Waals surface area contributed by atoms with Gasteiger partial charge in [-0.15, -0.1) is 0 Å². The topological polar surface area (TPSA) is 113 Å². The highest BCUT2D eigenvalue weighted by atomic mass is 16.8. The Morgan fingerprint density at radius 1 is 1.24 bits per heavy atom. The molecule has 2 saturated heterocycles. The third kappa shape index (κ3) is 5.45. The smallest absolute Gasteiger partial charge is 0.407 e. The molecule has 9 heteroatoms. The zero-order valence-corrected chi connectivity index (χ0v) is 16.7. The lowest BCUT2D eigenvalue weighted by atomic mass is 9.99. The van der Waals surface area contributed by atoms with Crippen molar-refractivity contribution >= 4 is 12.1 Å². The van der Waals surface area contributed by atoms with Crippen LogP contribution in [0.3, 0.4) is 0 Å². The predicted octanol–water partition coefficient (Wildman–Crippen LogP) is 1.47. The first-order chi connectivity index (χ1) is 13.8. The van der Waals surface area contributed by atoms with E-state index in [4.69, 9.17) is 18.9 Å². The summed E-state index contributed by atoms with van der Waals surface area (Å²) >= 11 is 0. The summed E-state index contributed by atoms with van der Waals surface area (Å²) in [7, 11) is 1.29. The lowest BCUT2D eigenvalue weighted by molar-refractivity contribution is -0.218. The van der Waals surface area contributed by atoms with Crippen LogP contribution in [0.15, 0.2) is 30.3 Å². The number of hydrogen-bond donors (Lipinski definition) is 2. The Labute approximate surface area is 169 Å². The molecule has 5 atom stereocenters. The number of carbonyl (C=O) groups excluding carboxylic acids is 2. The fourth-order valence-electron chi connectivity index (χ4n) is 3.46. The highest BCUT2D eigenvalue weighted by Gasteiger charge is 2.56. The number of ether oxygens (including phenoxy) is 5. The number of fused-ring (bicyclic) bond motifs is 1. The Morgan fingerprint density at radius 3 is 2.62 bits per heavy atom. The highest BCUT2D eigenvalue weighted by molar-refractivity contribution is 5.70. The molecule has 2 N–H and O–H groups in total. The summed E-state index contributed by atoms with van der Waals surface area (Å²) in [5.41, 5.74) is 0.837. The molecule has 0 bridgehead atoms. The minimum Gasteiger partial charge on any atom is -0.469 e. The van der Waals surface area contributed by atoms with E-state index in [-0.39, 0.29) is 19.4 Å². The number of alkyl carbamates (subject to hydrolysis) is 1. The van der Waals surface area contributed by atoms with Crippen LogP contribution in [0.5, 0.6) is 0 Å². The Bertz CT molecular complexity index is 710. The molecule has 0 spiro atoms. The van der Waals surface area contributed by atoms with Gasteiger partial charge in [0.2, 0.25) is 0 Å². The number of esters is 1. The second-order valence-electron chi connectivity index (χ2n) is 7.49. The van der Waals surface area contributed by atoms with E-state index in [0.717, 1.165) is 5.56 Å². The summed E-state index contributed by atoms with van der Waals surface area (Å²) in [5.74, 6) is -1.30. The molecule has 2 fully saturated rings. The van der Waals surface area contributed by atoms with Gasteiger partial charge in [-0.05, 0) is 25.8 Å². The maximum absolute atomic E-state index is 12.3. The predicted molar refractivity (Wildman–Crippen MR) is 99.5 cm³/mol. The van der Waals surface area contributed by atoms with Gasteiger partial charge in [0.15, 0.2) is 12.1 Å². The average Bonchev–Trinajstić information content (AvgIpc) is 3.16. The molecule has 1 aromatic rings. The van der Waals surface area contributed by atoms with Gasteiger partial charge in [0.25, 0.3) is 0 Å².